The van der Waals surface area contributed by atoms with Crippen molar-refractivity contribution in [2.45, 2.75) is 65.0 Å². The number of hydrogen-bond donors (Lipinski definition) is 1. The first-order valence-corrected chi connectivity index (χ1v) is 11.9. The highest BCUT2D eigenvalue weighted by Gasteiger charge is 2.24. The minimum atomic E-state index is 0.0293. The van der Waals surface area contributed by atoms with E-state index >= 15 is 0 Å². The average Bonchev–Trinajstić information content (AvgIpc) is 3.33. The van der Waals surface area contributed by atoms with Crippen LogP contribution in [0.1, 0.15) is 68.0 Å². The Morgan fingerprint density at radius 1 is 1.23 bits per heavy atom. The molecule has 4 rings (SSSR count). The van der Waals surface area contributed by atoms with Gasteiger partial charge in [-0.3, -0.25) is 4.79 Å². The summed E-state index contributed by atoms with van der Waals surface area (Å²) in [5, 5.41) is 6.89. The van der Waals surface area contributed by atoms with Crippen molar-refractivity contribution in [2.24, 2.45) is 0 Å². The lowest BCUT2D eigenvalue weighted by Gasteiger charge is -2.22. The van der Waals surface area contributed by atoms with E-state index in [-0.39, 0.29) is 11.9 Å². The van der Waals surface area contributed by atoms with Crippen LogP contribution in [0.15, 0.2) is 35.7 Å². The monoisotopic (exact) mass is 441 g/mol. The lowest BCUT2D eigenvalue weighted by atomic mass is 9.95. The Morgan fingerprint density at radius 2 is 1.97 bits per heavy atom. The van der Waals surface area contributed by atoms with Crippen LogP contribution in [0.5, 0.6) is 0 Å². The second-order valence-electron chi connectivity index (χ2n) is 8.32. The number of nitrogens with zero attached hydrogens (tertiary/aromatic N) is 2. The Balaban J connectivity index is 1.67. The molecule has 1 aliphatic carbocycles. The van der Waals surface area contributed by atoms with Crippen LogP contribution in [0.2, 0.25) is 5.02 Å². The average molecular weight is 442 g/mol. The largest absolute Gasteiger partial charge is 0.349 e. The highest BCUT2D eigenvalue weighted by atomic mass is 35.5. The number of halogens is 1. The van der Waals surface area contributed by atoms with Gasteiger partial charge in [-0.15, -0.1) is 11.3 Å². The minimum absolute atomic E-state index is 0.0293. The summed E-state index contributed by atoms with van der Waals surface area (Å²) < 4.78 is 2.21. The fraction of sp³-hybridized carbons (Fsp3) is 0.417. The van der Waals surface area contributed by atoms with Crippen LogP contribution in [-0.4, -0.2) is 21.5 Å². The van der Waals surface area contributed by atoms with Crippen molar-refractivity contribution in [3.63, 3.8) is 0 Å². The quantitative estimate of drug-likeness (QED) is 0.468. The number of amides is 1. The molecule has 4 nitrogen and oxygen atoms in total. The third kappa shape index (κ3) is 4.19. The lowest BCUT2D eigenvalue weighted by molar-refractivity contribution is 0.0927. The molecule has 0 aliphatic heterocycles. The molecule has 0 saturated heterocycles. The van der Waals surface area contributed by atoms with Gasteiger partial charge in [0.25, 0.3) is 5.91 Å². The number of carbonyl (C=O) groups excluding carboxylic acids is 1. The van der Waals surface area contributed by atoms with Gasteiger partial charge in [0.05, 0.1) is 22.0 Å². The van der Waals surface area contributed by atoms with E-state index in [9.17, 15) is 4.79 Å². The SMILES string of the molecule is Cc1c(C(=O)NC2CCCCC2)cc(-c2csc(-c3ccccc3Cl)n2)n1C(C)C. The Morgan fingerprint density at radius 3 is 2.67 bits per heavy atom. The number of hydrogen-bond acceptors (Lipinski definition) is 3. The molecule has 1 saturated carbocycles. The molecular weight excluding hydrogens is 414 g/mol. The molecule has 2 aromatic heterocycles. The van der Waals surface area contributed by atoms with Gasteiger partial charge in [-0.05, 0) is 45.7 Å². The zero-order valence-corrected chi connectivity index (χ0v) is 19.3. The topological polar surface area (TPSA) is 46.9 Å². The van der Waals surface area contributed by atoms with Gasteiger partial charge in [0.2, 0.25) is 0 Å². The Labute approximate surface area is 187 Å². The highest BCUT2D eigenvalue weighted by Crippen LogP contribution is 2.35. The summed E-state index contributed by atoms with van der Waals surface area (Å²) in [4.78, 5) is 17.9. The molecule has 1 aliphatic rings. The normalized spacial score (nSPS) is 15.0. The van der Waals surface area contributed by atoms with Gasteiger partial charge in [0, 0.05) is 28.7 Å². The molecule has 0 spiro atoms. The van der Waals surface area contributed by atoms with E-state index in [2.05, 4.69) is 29.1 Å². The second-order valence-corrected chi connectivity index (χ2v) is 9.58. The molecule has 1 N–H and O–H groups in total. The number of carbonyl (C=O) groups is 1. The molecule has 1 amide bonds. The molecule has 0 radical (unpaired) electrons. The molecule has 3 aromatic rings. The number of nitrogens with one attached hydrogen (secondary N) is 1. The van der Waals surface area contributed by atoms with Crippen LogP contribution in [0.3, 0.4) is 0 Å². The molecule has 0 atom stereocenters. The van der Waals surface area contributed by atoms with Crippen LogP contribution in [0, 0.1) is 6.92 Å². The van der Waals surface area contributed by atoms with E-state index in [0.29, 0.717) is 11.1 Å². The van der Waals surface area contributed by atoms with Crippen molar-refractivity contribution in [1.29, 1.82) is 0 Å². The summed E-state index contributed by atoms with van der Waals surface area (Å²) >= 11 is 7.94. The molecule has 6 heteroatoms. The van der Waals surface area contributed by atoms with Crippen molar-refractivity contribution >= 4 is 28.8 Å². The molecule has 0 unspecified atom stereocenters. The molecule has 1 fully saturated rings. The molecule has 158 valence electrons. The van der Waals surface area contributed by atoms with Gasteiger partial charge < -0.3 is 9.88 Å². The van der Waals surface area contributed by atoms with Crippen molar-refractivity contribution in [3.05, 3.63) is 52.0 Å². The van der Waals surface area contributed by atoms with Crippen molar-refractivity contribution in [3.8, 4) is 22.0 Å². The van der Waals surface area contributed by atoms with Gasteiger partial charge in [-0.2, -0.15) is 0 Å². The van der Waals surface area contributed by atoms with Crippen molar-refractivity contribution in [2.75, 3.05) is 0 Å². The Kier molecular flexibility index (Phi) is 6.30. The zero-order chi connectivity index (χ0) is 21.3. The summed E-state index contributed by atoms with van der Waals surface area (Å²) in [6.07, 6.45) is 5.83. The van der Waals surface area contributed by atoms with Gasteiger partial charge in [-0.1, -0.05) is 49.1 Å². The predicted molar refractivity (Wildman–Crippen MR) is 125 cm³/mol. The van der Waals surface area contributed by atoms with E-state index in [1.807, 2.05) is 37.3 Å². The van der Waals surface area contributed by atoms with Crippen molar-refractivity contribution < 1.29 is 4.79 Å². The fourth-order valence-electron chi connectivity index (χ4n) is 4.37. The number of benzene rings is 1. The van der Waals surface area contributed by atoms with Crippen LogP contribution in [0.4, 0.5) is 0 Å². The molecule has 0 bridgehead atoms. The standard InChI is InChI=1S/C24H28ClN3OS/c1-15(2)28-16(3)19(23(29)26-17-9-5-4-6-10-17)13-22(28)21-14-30-24(27-21)18-11-7-8-12-20(18)25/h7-8,11-15,17H,4-6,9-10H2,1-3H3,(H,26,29). The van der Waals surface area contributed by atoms with E-state index in [0.717, 1.165) is 46.1 Å². The van der Waals surface area contributed by atoms with Crippen molar-refractivity contribution in [1.82, 2.24) is 14.9 Å². The molecule has 1 aromatic carbocycles. The maximum Gasteiger partial charge on any atom is 0.253 e. The highest BCUT2D eigenvalue weighted by molar-refractivity contribution is 7.13. The van der Waals surface area contributed by atoms with E-state index < -0.39 is 0 Å². The van der Waals surface area contributed by atoms with Crippen LogP contribution >= 0.6 is 22.9 Å². The van der Waals surface area contributed by atoms with Gasteiger partial charge in [-0.25, -0.2) is 4.98 Å². The predicted octanol–water partition coefficient (Wildman–Crippen LogP) is 6.88. The van der Waals surface area contributed by atoms with E-state index in [1.54, 1.807) is 11.3 Å². The van der Waals surface area contributed by atoms with E-state index in [1.165, 1.54) is 19.3 Å². The third-order valence-electron chi connectivity index (χ3n) is 5.86. The maximum absolute atomic E-state index is 13.1. The zero-order valence-electron chi connectivity index (χ0n) is 17.7. The van der Waals surface area contributed by atoms with Crippen LogP contribution in [-0.2, 0) is 0 Å². The fourth-order valence-corrected chi connectivity index (χ4v) is 5.51. The maximum atomic E-state index is 13.1. The van der Waals surface area contributed by atoms with Gasteiger partial charge in [0.15, 0.2) is 0 Å². The third-order valence-corrected chi connectivity index (χ3v) is 7.07. The Bertz CT molecular complexity index is 1050. The summed E-state index contributed by atoms with van der Waals surface area (Å²) in [5.74, 6) is 0.0293. The number of rotatable bonds is 5. The summed E-state index contributed by atoms with van der Waals surface area (Å²) in [7, 11) is 0. The summed E-state index contributed by atoms with van der Waals surface area (Å²) in [6, 6.07) is 10.3. The molecule has 2 heterocycles. The van der Waals surface area contributed by atoms with Crippen LogP contribution < -0.4 is 5.32 Å². The molecule has 30 heavy (non-hydrogen) atoms. The Hall–Kier alpha value is -2.11. The second kappa shape index (κ2) is 8.94. The minimum Gasteiger partial charge on any atom is -0.349 e. The summed E-state index contributed by atoms with van der Waals surface area (Å²) in [5.41, 5.74) is 4.52. The van der Waals surface area contributed by atoms with Crippen LogP contribution in [0.25, 0.3) is 22.0 Å². The summed E-state index contributed by atoms with van der Waals surface area (Å²) in [6.45, 7) is 6.31. The van der Waals surface area contributed by atoms with E-state index in [4.69, 9.17) is 16.6 Å². The lowest BCUT2D eigenvalue weighted by Crippen LogP contribution is -2.36. The number of thiazole rings is 1. The van der Waals surface area contributed by atoms with Gasteiger partial charge in [0.1, 0.15) is 5.01 Å². The smallest absolute Gasteiger partial charge is 0.253 e. The molecular formula is C24H28ClN3OS. The first-order valence-electron chi connectivity index (χ1n) is 10.7. The first-order chi connectivity index (χ1) is 14.5. The first kappa shape index (κ1) is 21.1. The van der Waals surface area contributed by atoms with Gasteiger partial charge >= 0.3 is 0 Å². The number of aromatic nitrogens is 2.